The quantitative estimate of drug-likeness (QED) is 0.398. The summed E-state index contributed by atoms with van der Waals surface area (Å²) in [6, 6.07) is 9.52. The van der Waals surface area contributed by atoms with Crippen molar-refractivity contribution in [2.45, 2.75) is 13.1 Å². The molecule has 0 fully saturated rings. The summed E-state index contributed by atoms with van der Waals surface area (Å²) in [5, 5.41) is 4.19. The third-order valence-electron chi connectivity index (χ3n) is 3.46. The van der Waals surface area contributed by atoms with Gasteiger partial charge in [-0.05, 0) is 18.2 Å². The fraction of sp³-hybridized carbons (Fsp3) is 0.133. The molecule has 3 N–H and O–H groups in total. The zero-order chi connectivity index (χ0) is 18.0. The molecule has 3 aromatic rings. The smallest absolute Gasteiger partial charge is 0.293 e. The molecule has 0 unspecified atom stereocenters. The van der Waals surface area contributed by atoms with Gasteiger partial charge in [0.2, 0.25) is 0 Å². The van der Waals surface area contributed by atoms with Gasteiger partial charge in [0.05, 0.1) is 15.8 Å². The number of hydrogen-bond acceptors (Lipinski definition) is 5. The van der Waals surface area contributed by atoms with Gasteiger partial charge in [-0.3, -0.25) is 14.8 Å². The van der Waals surface area contributed by atoms with Gasteiger partial charge in [-0.25, -0.2) is 19.7 Å². The molecule has 0 radical (unpaired) electrons. The molecule has 1 amide bonds. The number of carbonyl (C=O) groups excluding carboxylic acids is 1. The van der Waals surface area contributed by atoms with Crippen LogP contribution in [-0.4, -0.2) is 20.3 Å². The molecular formula is C15H13ClFN5O2S. The summed E-state index contributed by atoms with van der Waals surface area (Å²) < 4.78 is 16.8. The molecule has 1 aromatic carbocycles. The summed E-state index contributed by atoms with van der Waals surface area (Å²) in [5.41, 5.74) is 1.73. The van der Waals surface area contributed by atoms with Crippen LogP contribution in [0.1, 0.15) is 5.56 Å². The van der Waals surface area contributed by atoms with E-state index in [-0.39, 0.29) is 13.1 Å². The molecule has 0 aliphatic rings. The lowest BCUT2D eigenvalue weighted by Gasteiger charge is -2.05. The van der Waals surface area contributed by atoms with Crippen molar-refractivity contribution in [1.82, 2.24) is 19.8 Å². The molecule has 10 heteroatoms. The van der Waals surface area contributed by atoms with Crippen molar-refractivity contribution in [3.05, 3.63) is 62.6 Å². The zero-order valence-electron chi connectivity index (χ0n) is 12.8. The van der Waals surface area contributed by atoms with E-state index >= 15 is 0 Å². The van der Waals surface area contributed by atoms with E-state index in [4.69, 9.17) is 17.4 Å². The predicted molar refractivity (Wildman–Crippen MR) is 92.6 cm³/mol. The lowest BCUT2D eigenvalue weighted by molar-refractivity contribution is -0.121. The van der Waals surface area contributed by atoms with Crippen LogP contribution in [0, 0.1) is 5.82 Å². The summed E-state index contributed by atoms with van der Waals surface area (Å²) in [7, 11) is 0. The van der Waals surface area contributed by atoms with Gasteiger partial charge < -0.3 is 0 Å². The Balaban J connectivity index is 2.09. The minimum absolute atomic E-state index is 0.0272. The first-order chi connectivity index (χ1) is 12.0. The van der Waals surface area contributed by atoms with Crippen LogP contribution in [0.3, 0.4) is 0 Å². The minimum atomic E-state index is -0.576. The first-order valence-electron chi connectivity index (χ1n) is 7.16. The van der Waals surface area contributed by atoms with Crippen molar-refractivity contribution < 1.29 is 9.18 Å². The molecule has 3 rings (SSSR count). The summed E-state index contributed by atoms with van der Waals surface area (Å²) >= 11 is 7.18. The van der Waals surface area contributed by atoms with E-state index in [1.807, 2.05) is 5.43 Å². The maximum absolute atomic E-state index is 14.0. The third kappa shape index (κ3) is 3.63. The molecule has 0 spiro atoms. The molecule has 0 saturated heterocycles. The first-order valence-corrected chi connectivity index (χ1v) is 8.35. The highest BCUT2D eigenvalue weighted by Crippen LogP contribution is 2.29. The Morgan fingerprint density at radius 2 is 2.08 bits per heavy atom. The number of halogens is 2. The van der Waals surface area contributed by atoms with Crippen LogP contribution in [0.2, 0.25) is 4.34 Å². The van der Waals surface area contributed by atoms with Crippen LogP contribution >= 0.6 is 22.9 Å². The second-order valence-electron chi connectivity index (χ2n) is 5.11. The molecule has 0 aliphatic heterocycles. The highest BCUT2D eigenvalue weighted by atomic mass is 35.5. The number of thiophene rings is 1. The summed E-state index contributed by atoms with van der Waals surface area (Å²) in [5.74, 6) is 4.35. The van der Waals surface area contributed by atoms with E-state index < -0.39 is 17.4 Å². The van der Waals surface area contributed by atoms with Gasteiger partial charge in [-0.1, -0.05) is 29.8 Å². The number of nitrogens with two attached hydrogens (primary N) is 1. The number of rotatable bonds is 5. The molecule has 0 bridgehead atoms. The predicted octanol–water partition coefficient (Wildman–Crippen LogP) is 1.60. The van der Waals surface area contributed by atoms with Crippen molar-refractivity contribution in [2.75, 3.05) is 0 Å². The zero-order valence-corrected chi connectivity index (χ0v) is 14.4. The summed E-state index contributed by atoms with van der Waals surface area (Å²) in [6.45, 7) is -0.369. The Morgan fingerprint density at radius 1 is 1.32 bits per heavy atom. The van der Waals surface area contributed by atoms with E-state index in [1.165, 1.54) is 22.0 Å². The van der Waals surface area contributed by atoms with Gasteiger partial charge in [-0.15, -0.1) is 16.4 Å². The van der Waals surface area contributed by atoms with E-state index in [9.17, 15) is 14.0 Å². The maximum Gasteiger partial charge on any atom is 0.347 e. The second-order valence-corrected chi connectivity index (χ2v) is 6.83. The van der Waals surface area contributed by atoms with E-state index in [0.717, 1.165) is 4.68 Å². The van der Waals surface area contributed by atoms with Gasteiger partial charge >= 0.3 is 5.69 Å². The lowest BCUT2D eigenvalue weighted by atomic mass is 10.2. The topological polar surface area (TPSA) is 94.9 Å². The largest absolute Gasteiger partial charge is 0.347 e. The van der Waals surface area contributed by atoms with Crippen molar-refractivity contribution in [2.24, 2.45) is 5.84 Å². The normalized spacial score (nSPS) is 10.8. The Morgan fingerprint density at radius 3 is 2.72 bits per heavy atom. The summed E-state index contributed by atoms with van der Waals surface area (Å²) in [4.78, 5) is 24.7. The number of carbonyl (C=O) groups is 1. The average molecular weight is 382 g/mol. The van der Waals surface area contributed by atoms with Crippen LogP contribution in [0.5, 0.6) is 0 Å². The third-order valence-corrected chi connectivity index (χ3v) is 4.68. The fourth-order valence-electron chi connectivity index (χ4n) is 2.28. The SMILES string of the molecule is NNC(=O)Cn1nc(-c2ccc(Cl)s2)n(Cc2ccccc2F)c1=O. The van der Waals surface area contributed by atoms with Gasteiger partial charge in [0.1, 0.15) is 12.4 Å². The van der Waals surface area contributed by atoms with E-state index in [0.29, 0.717) is 20.6 Å². The number of nitrogens with zero attached hydrogens (tertiary/aromatic N) is 3. The fourth-order valence-corrected chi connectivity index (χ4v) is 3.32. The van der Waals surface area contributed by atoms with E-state index in [1.54, 1.807) is 30.3 Å². The van der Waals surface area contributed by atoms with Crippen LogP contribution < -0.4 is 17.0 Å². The molecule has 0 atom stereocenters. The Kier molecular flexibility index (Phi) is 4.98. The van der Waals surface area contributed by atoms with Gasteiger partial charge in [0, 0.05) is 5.56 Å². The molecule has 25 heavy (non-hydrogen) atoms. The number of hydrazine groups is 1. The highest BCUT2D eigenvalue weighted by molar-refractivity contribution is 7.19. The Hall–Kier alpha value is -2.49. The van der Waals surface area contributed by atoms with Crippen LogP contribution in [0.4, 0.5) is 4.39 Å². The summed E-state index contributed by atoms with van der Waals surface area (Å²) in [6.07, 6.45) is 0. The first kappa shape index (κ1) is 17.3. The maximum atomic E-state index is 14.0. The highest BCUT2D eigenvalue weighted by Gasteiger charge is 2.19. The lowest BCUT2D eigenvalue weighted by Crippen LogP contribution is -2.37. The Bertz CT molecular complexity index is 980. The standard InChI is InChI=1S/C15H13ClFN5O2S/c16-12-6-5-11(25-12)14-20-22(8-13(23)19-18)15(24)21(14)7-9-3-1-2-4-10(9)17/h1-6H,7-8,18H2,(H,19,23). The minimum Gasteiger partial charge on any atom is -0.293 e. The van der Waals surface area contributed by atoms with Crippen molar-refractivity contribution in [1.29, 1.82) is 0 Å². The van der Waals surface area contributed by atoms with Crippen molar-refractivity contribution >= 4 is 28.8 Å². The molecule has 7 nitrogen and oxygen atoms in total. The van der Waals surface area contributed by atoms with Crippen LogP contribution in [-0.2, 0) is 17.9 Å². The van der Waals surface area contributed by atoms with Crippen molar-refractivity contribution in [3.63, 3.8) is 0 Å². The van der Waals surface area contributed by atoms with Crippen molar-refractivity contribution in [3.8, 4) is 10.7 Å². The molecule has 0 saturated carbocycles. The Labute approximate surface area is 150 Å². The number of benzene rings is 1. The molecule has 2 aromatic heterocycles. The van der Waals surface area contributed by atoms with Crippen LogP contribution in [0.15, 0.2) is 41.2 Å². The molecule has 130 valence electrons. The number of amides is 1. The van der Waals surface area contributed by atoms with Gasteiger partial charge in [0.25, 0.3) is 5.91 Å². The van der Waals surface area contributed by atoms with Gasteiger partial charge in [0.15, 0.2) is 5.82 Å². The average Bonchev–Trinajstić information content (AvgIpc) is 3.15. The molecule has 2 heterocycles. The number of hydrogen-bond donors (Lipinski definition) is 2. The monoisotopic (exact) mass is 381 g/mol. The molecule has 0 aliphatic carbocycles. The number of nitrogens with one attached hydrogen (secondary N) is 1. The molecular weight excluding hydrogens is 369 g/mol. The van der Waals surface area contributed by atoms with Gasteiger partial charge in [-0.2, -0.15) is 0 Å². The van der Waals surface area contributed by atoms with Crippen LogP contribution in [0.25, 0.3) is 10.7 Å². The van der Waals surface area contributed by atoms with E-state index in [2.05, 4.69) is 5.10 Å². The number of aromatic nitrogens is 3. The second kappa shape index (κ2) is 7.18.